The first-order valence-corrected chi connectivity index (χ1v) is 6.33. The van der Waals surface area contributed by atoms with Crippen molar-refractivity contribution >= 4 is 12.0 Å². The van der Waals surface area contributed by atoms with E-state index in [4.69, 9.17) is 4.42 Å². The summed E-state index contributed by atoms with van der Waals surface area (Å²) in [6.45, 7) is 4.63. The van der Waals surface area contributed by atoms with E-state index < -0.39 is 0 Å². The molecule has 0 bridgehead atoms. The van der Waals surface area contributed by atoms with Gasteiger partial charge in [0.2, 0.25) is 5.89 Å². The Morgan fingerprint density at radius 1 is 1.28 bits per heavy atom. The van der Waals surface area contributed by atoms with Gasteiger partial charge in [-0.25, -0.2) is 4.79 Å². The molecule has 1 saturated carbocycles. The maximum atomic E-state index is 11.8. The fourth-order valence-corrected chi connectivity index (χ4v) is 2.01. The topological polar surface area (TPSA) is 74.5 Å². The van der Waals surface area contributed by atoms with Crippen molar-refractivity contribution in [3.05, 3.63) is 5.89 Å². The number of nitrogens with one attached hydrogen (secondary N) is 1. The van der Waals surface area contributed by atoms with Crippen LogP contribution < -0.4 is 10.2 Å². The lowest BCUT2D eigenvalue weighted by atomic mass is 10.3. The van der Waals surface area contributed by atoms with Gasteiger partial charge >= 0.3 is 12.0 Å². The molecule has 2 amide bonds. The maximum Gasteiger partial charge on any atom is 0.318 e. The molecular weight excluding hydrogens is 234 g/mol. The number of urea groups is 1. The van der Waals surface area contributed by atoms with Crippen LogP contribution in [0.2, 0.25) is 0 Å². The summed E-state index contributed by atoms with van der Waals surface area (Å²) in [7, 11) is 0. The van der Waals surface area contributed by atoms with Crippen molar-refractivity contribution < 1.29 is 9.21 Å². The number of carbonyl (C=O) groups is 1. The van der Waals surface area contributed by atoms with Gasteiger partial charge in [-0.05, 0) is 12.8 Å². The second kappa shape index (κ2) is 4.47. The Morgan fingerprint density at radius 2 is 2.00 bits per heavy atom. The molecular formula is C11H17N5O2. The number of anilines is 1. The summed E-state index contributed by atoms with van der Waals surface area (Å²) < 4.78 is 5.38. The number of aromatic nitrogens is 2. The van der Waals surface area contributed by atoms with Gasteiger partial charge in [-0.15, -0.1) is 5.10 Å². The number of carbonyl (C=O) groups excluding carboxylic acids is 1. The largest absolute Gasteiger partial charge is 0.408 e. The second-order valence-corrected chi connectivity index (χ2v) is 4.80. The number of aryl methyl sites for hydroxylation is 1. The zero-order valence-electron chi connectivity index (χ0n) is 10.4. The highest BCUT2D eigenvalue weighted by atomic mass is 16.4. The highest BCUT2D eigenvalue weighted by Crippen LogP contribution is 2.19. The number of rotatable bonds is 2. The summed E-state index contributed by atoms with van der Waals surface area (Å²) >= 11 is 0. The monoisotopic (exact) mass is 251 g/mol. The van der Waals surface area contributed by atoms with Gasteiger partial charge in [-0.2, -0.15) is 0 Å². The summed E-state index contributed by atoms with van der Waals surface area (Å²) in [5, 5.41) is 10.8. The Hall–Kier alpha value is -1.79. The molecule has 0 spiro atoms. The molecule has 3 rings (SSSR count). The average Bonchev–Trinajstić information content (AvgIpc) is 3.09. The third-order valence-corrected chi connectivity index (χ3v) is 3.26. The van der Waals surface area contributed by atoms with E-state index in [2.05, 4.69) is 15.5 Å². The normalized spacial score (nSPS) is 20.1. The highest BCUT2D eigenvalue weighted by molar-refractivity contribution is 5.75. The van der Waals surface area contributed by atoms with Gasteiger partial charge in [-0.1, -0.05) is 5.10 Å². The minimum absolute atomic E-state index is 0.0545. The van der Waals surface area contributed by atoms with Crippen LogP contribution in [0.5, 0.6) is 0 Å². The quantitative estimate of drug-likeness (QED) is 0.822. The lowest BCUT2D eigenvalue weighted by molar-refractivity contribution is 0.193. The SMILES string of the molecule is Cc1nnc(N2CCN(C(=O)NC3CC3)CC2)o1. The number of hydrogen-bond acceptors (Lipinski definition) is 5. The first-order chi connectivity index (χ1) is 8.72. The van der Waals surface area contributed by atoms with Gasteiger partial charge in [0.25, 0.3) is 0 Å². The van der Waals surface area contributed by atoms with Crippen LogP contribution in [0.4, 0.5) is 10.8 Å². The average molecular weight is 251 g/mol. The van der Waals surface area contributed by atoms with E-state index in [-0.39, 0.29) is 6.03 Å². The molecule has 2 aliphatic rings. The molecule has 7 nitrogen and oxygen atoms in total. The summed E-state index contributed by atoms with van der Waals surface area (Å²) in [6, 6.07) is 1.02. The van der Waals surface area contributed by atoms with Gasteiger partial charge in [0.15, 0.2) is 0 Å². The van der Waals surface area contributed by atoms with E-state index in [9.17, 15) is 4.79 Å². The molecule has 2 fully saturated rings. The van der Waals surface area contributed by atoms with Crippen LogP contribution in [-0.2, 0) is 0 Å². The van der Waals surface area contributed by atoms with E-state index in [1.165, 1.54) is 0 Å². The van der Waals surface area contributed by atoms with Crippen LogP contribution in [0.15, 0.2) is 4.42 Å². The molecule has 1 aliphatic heterocycles. The molecule has 1 saturated heterocycles. The van der Waals surface area contributed by atoms with Crippen LogP contribution in [0.1, 0.15) is 18.7 Å². The van der Waals surface area contributed by atoms with Crippen molar-refractivity contribution in [1.29, 1.82) is 0 Å². The standard InChI is InChI=1S/C11H17N5O2/c1-8-13-14-11(18-8)16-6-4-15(5-7-16)10(17)12-9-2-3-9/h9H,2-7H2,1H3,(H,12,17). The van der Waals surface area contributed by atoms with Crippen molar-refractivity contribution in [1.82, 2.24) is 20.4 Å². The van der Waals surface area contributed by atoms with E-state index in [1.807, 2.05) is 9.80 Å². The van der Waals surface area contributed by atoms with Crippen LogP contribution in [0.25, 0.3) is 0 Å². The van der Waals surface area contributed by atoms with Gasteiger partial charge in [-0.3, -0.25) is 0 Å². The Bertz CT molecular complexity index is 434. The van der Waals surface area contributed by atoms with E-state index in [1.54, 1.807) is 6.92 Å². The Balaban J connectivity index is 1.52. The summed E-state index contributed by atoms with van der Waals surface area (Å²) in [5.41, 5.74) is 0. The Labute approximate surface area is 105 Å². The maximum absolute atomic E-state index is 11.8. The van der Waals surface area contributed by atoms with Gasteiger partial charge in [0.1, 0.15) is 0 Å². The zero-order valence-corrected chi connectivity index (χ0v) is 10.4. The fourth-order valence-electron chi connectivity index (χ4n) is 2.01. The molecule has 1 aromatic rings. The smallest absolute Gasteiger partial charge is 0.318 e. The third-order valence-electron chi connectivity index (χ3n) is 3.26. The Kier molecular flexibility index (Phi) is 2.81. The summed E-state index contributed by atoms with van der Waals surface area (Å²) in [6.07, 6.45) is 2.24. The molecule has 1 aliphatic carbocycles. The molecule has 1 aromatic heterocycles. The molecule has 1 N–H and O–H groups in total. The van der Waals surface area contributed by atoms with Crippen LogP contribution in [-0.4, -0.2) is 53.3 Å². The molecule has 98 valence electrons. The van der Waals surface area contributed by atoms with Crippen LogP contribution in [0.3, 0.4) is 0 Å². The number of amides is 2. The predicted molar refractivity (Wildman–Crippen MR) is 64.4 cm³/mol. The molecule has 0 radical (unpaired) electrons. The minimum atomic E-state index is 0.0545. The number of hydrogen-bond donors (Lipinski definition) is 1. The first kappa shape index (κ1) is 11.3. The molecule has 2 heterocycles. The third kappa shape index (κ3) is 2.39. The highest BCUT2D eigenvalue weighted by Gasteiger charge is 2.28. The molecule has 0 unspecified atom stereocenters. The van der Waals surface area contributed by atoms with Gasteiger partial charge in [0.05, 0.1) is 0 Å². The molecule has 18 heavy (non-hydrogen) atoms. The van der Waals surface area contributed by atoms with Crippen LogP contribution in [0, 0.1) is 6.92 Å². The lowest BCUT2D eigenvalue weighted by Crippen LogP contribution is -2.52. The number of nitrogens with zero attached hydrogens (tertiary/aromatic N) is 4. The fraction of sp³-hybridized carbons (Fsp3) is 0.727. The van der Waals surface area contributed by atoms with Crippen LogP contribution >= 0.6 is 0 Å². The van der Waals surface area contributed by atoms with Crippen molar-refractivity contribution in [3.63, 3.8) is 0 Å². The lowest BCUT2D eigenvalue weighted by Gasteiger charge is -2.33. The molecule has 0 atom stereocenters. The van der Waals surface area contributed by atoms with Gasteiger partial charge in [0, 0.05) is 39.1 Å². The zero-order chi connectivity index (χ0) is 12.5. The molecule has 7 heteroatoms. The van der Waals surface area contributed by atoms with Crippen molar-refractivity contribution in [2.45, 2.75) is 25.8 Å². The minimum Gasteiger partial charge on any atom is -0.408 e. The van der Waals surface area contributed by atoms with E-state index in [0.29, 0.717) is 31.0 Å². The first-order valence-electron chi connectivity index (χ1n) is 6.33. The number of piperazine rings is 1. The van der Waals surface area contributed by atoms with Crippen molar-refractivity contribution in [3.8, 4) is 0 Å². The van der Waals surface area contributed by atoms with Crippen molar-refractivity contribution in [2.75, 3.05) is 31.1 Å². The Morgan fingerprint density at radius 3 is 2.56 bits per heavy atom. The molecule has 0 aromatic carbocycles. The summed E-state index contributed by atoms with van der Waals surface area (Å²) in [4.78, 5) is 15.7. The predicted octanol–water partition coefficient (Wildman–Crippen LogP) is 0.372. The van der Waals surface area contributed by atoms with Crippen molar-refractivity contribution in [2.24, 2.45) is 0 Å². The summed E-state index contributed by atoms with van der Waals surface area (Å²) in [5.74, 6) is 0.568. The van der Waals surface area contributed by atoms with E-state index in [0.717, 1.165) is 25.9 Å². The van der Waals surface area contributed by atoms with Gasteiger partial charge < -0.3 is 19.5 Å². The van der Waals surface area contributed by atoms with E-state index >= 15 is 0 Å². The second-order valence-electron chi connectivity index (χ2n) is 4.80.